The fraction of sp³-hybridized carbons (Fsp3) is 0.500. The summed E-state index contributed by atoms with van der Waals surface area (Å²) < 4.78 is 26.1. The number of aliphatic hydroxyl groups is 1. The molecule has 2 rings (SSSR count). The third-order valence-corrected chi connectivity index (χ3v) is 4.74. The molecule has 0 amide bonds. The summed E-state index contributed by atoms with van der Waals surface area (Å²) in [5, 5.41) is 9.75. The third kappa shape index (κ3) is 2.77. The van der Waals surface area contributed by atoms with Crippen molar-refractivity contribution in [2.45, 2.75) is 29.8 Å². The number of sulfonamides is 1. The molecule has 0 radical (unpaired) electrons. The zero-order valence-corrected chi connectivity index (χ0v) is 10.6. The maximum atomic E-state index is 11.9. The van der Waals surface area contributed by atoms with Crippen LogP contribution in [0.2, 0.25) is 5.15 Å². The monoisotopic (exact) mass is 276 g/mol. The van der Waals surface area contributed by atoms with Crippen LogP contribution < -0.4 is 4.72 Å². The molecule has 0 bridgehead atoms. The average molecular weight is 277 g/mol. The van der Waals surface area contributed by atoms with E-state index in [1.807, 2.05) is 0 Å². The van der Waals surface area contributed by atoms with Crippen molar-refractivity contribution < 1.29 is 13.5 Å². The van der Waals surface area contributed by atoms with Crippen molar-refractivity contribution in [2.24, 2.45) is 0 Å². The van der Waals surface area contributed by atoms with Crippen LogP contribution >= 0.6 is 11.6 Å². The molecular formula is C10H13ClN2O3S. The number of nitrogens with one attached hydrogen (secondary N) is 1. The van der Waals surface area contributed by atoms with Crippen LogP contribution in [0.4, 0.5) is 0 Å². The number of hydrogen-bond acceptors (Lipinski definition) is 4. The Morgan fingerprint density at radius 3 is 2.76 bits per heavy atom. The number of rotatable bonds is 4. The molecule has 0 aromatic carbocycles. The van der Waals surface area contributed by atoms with Gasteiger partial charge in [0.15, 0.2) is 0 Å². The molecule has 0 saturated heterocycles. The highest BCUT2D eigenvalue weighted by atomic mass is 35.5. The Kier molecular flexibility index (Phi) is 3.40. The molecule has 2 N–H and O–H groups in total. The van der Waals surface area contributed by atoms with Gasteiger partial charge >= 0.3 is 0 Å². The largest absolute Gasteiger partial charge is 0.389 e. The van der Waals surface area contributed by atoms with Gasteiger partial charge in [-0.05, 0) is 31.4 Å². The van der Waals surface area contributed by atoms with Crippen molar-refractivity contribution in [3.8, 4) is 0 Å². The van der Waals surface area contributed by atoms with Gasteiger partial charge < -0.3 is 5.11 Å². The minimum atomic E-state index is -3.70. The Labute approximate surface area is 105 Å². The van der Waals surface area contributed by atoms with Crippen LogP contribution in [-0.2, 0) is 10.0 Å². The van der Waals surface area contributed by atoms with Crippen LogP contribution in [0.25, 0.3) is 0 Å². The molecule has 1 aliphatic carbocycles. The second-order valence-electron chi connectivity index (χ2n) is 4.19. The van der Waals surface area contributed by atoms with Gasteiger partial charge in [-0.15, -0.1) is 0 Å². The second kappa shape index (κ2) is 4.53. The first kappa shape index (κ1) is 12.8. The van der Waals surface area contributed by atoms with E-state index < -0.39 is 15.6 Å². The van der Waals surface area contributed by atoms with Gasteiger partial charge in [-0.25, -0.2) is 18.1 Å². The minimum absolute atomic E-state index is 0.0144. The van der Waals surface area contributed by atoms with Gasteiger partial charge in [0.1, 0.15) is 10.0 Å². The molecular weight excluding hydrogens is 264 g/mol. The summed E-state index contributed by atoms with van der Waals surface area (Å²) in [4.78, 5) is 3.64. The highest BCUT2D eigenvalue weighted by molar-refractivity contribution is 7.89. The summed E-state index contributed by atoms with van der Waals surface area (Å²) in [7, 11) is -3.70. The normalized spacial score (nSPS) is 18.7. The summed E-state index contributed by atoms with van der Waals surface area (Å²) >= 11 is 5.71. The van der Waals surface area contributed by atoms with Gasteiger partial charge in [0.2, 0.25) is 10.0 Å². The predicted octanol–water partition coefficient (Wildman–Crippen LogP) is 0.928. The van der Waals surface area contributed by atoms with E-state index in [4.69, 9.17) is 11.6 Å². The molecule has 7 heteroatoms. The van der Waals surface area contributed by atoms with E-state index in [1.54, 1.807) is 0 Å². The highest BCUT2D eigenvalue weighted by Crippen LogP contribution is 2.31. The van der Waals surface area contributed by atoms with Crippen molar-refractivity contribution in [3.63, 3.8) is 0 Å². The molecule has 0 aliphatic heterocycles. The van der Waals surface area contributed by atoms with Crippen molar-refractivity contribution in [1.82, 2.24) is 9.71 Å². The number of halogens is 1. The Balaban J connectivity index is 2.12. The SMILES string of the molecule is O=S(=O)(NCC1(O)CCC1)c1cccnc1Cl. The standard InChI is InChI=1S/C10H13ClN2O3S/c11-9-8(3-1-6-12-9)17(15,16)13-7-10(14)4-2-5-10/h1,3,6,13-14H,2,4-5,7H2. The lowest BCUT2D eigenvalue weighted by Gasteiger charge is -2.36. The van der Waals surface area contributed by atoms with Gasteiger partial charge in [-0.3, -0.25) is 0 Å². The quantitative estimate of drug-likeness (QED) is 0.802. The molecule has 0 spiro atoms. The molecule has 17 heavy (non-hydrogen) atoms. The van der Waals surface area contributed by atoms with Crippen molar-refractivity contribution >= 4 is 21.6 Å². The molecule has 1 heterocycles. The topological polar surface area (TPSA) is 79.3 Å². The molecule has 0 atom stereocenters. The van der Waals surface area contributed by atoms with Gasteiger partial charge in [0.25, 0.3) is 0 Å². The van der Waals surface area contributed by atoms with E-state index in [-0.39, 0.29) is 16.6 Å². The number of hydrogen-bond donors (Lipinski definition) is 2. The number of aromatic nitrogens is 1. The van der Waals surface area contributed by atoms with Gasteiger partial charge in [-0.1, -0.05) is 11.6 Å². The third-order valence-electron chi connectivity index (χ3n) is 2.89. The Morgan fingerprint density at radius 2 is 2.24 bits per heavy atom. The first-order valence-electron chi connectivity index (χ1n) is 5.26. The smallest absolute Gasteiger partial charge is 0.243 e. The van der Waals surface area contributed by atoms with Crippen LogP contribution in [0.3, 0.4) is 0 Å². The average Bonchev–Trinajstić information content (AvgIpc) is 2.24. The van der Waals surface area contributed by atoms with Crippen LogP contribution in [0.15, 0.2) is 23.2 Å². The maximum Gasteiger partial charge on any atom is 0.243 e. The lowest BCUT2D eigenvalue weighted by molar-refractivity contribution is -0.0270. The lowest BCUT2D eigenvalue weighted by Crippen LogP contribution is -2.47. The molecule has 1 aliphatic rings. The first-order chi connectivity index (χ1) is 7.93. The summed E-state index contributed by atoms with van der Waals surface area (Å²) in [6.07, 6.45) is 3.58. The van der Waals surface area contributed by atoms with E-state index >= 15 is 0 Å². The molecule has 1 aromatic heterocycles. The Bertz CT molecular complexity index is 514. The maximum absolute atomic E-state index is 11.9. The Hall–Kier alpha value is -0.690. The van der Waals surface area contributed by atoms with Gasteiger partial charge in [0.05, 0.1) is 5.60 Å². The molecule has 5 nitrogen and oxygen atoms in total. The number of pyridine rings is 1. The van der Waals surface area contributed by atoms with Crippen LogP contribution in [0.1, 0.15) is 19.3 Å². The van der Waals surface area contributed by atoms with Crippen molar-refractivity contribution in [2.75, 3.05) is 6.54 Å². The molecule has 0 unspecified atom stereocenters. The van der Waals surface area contributed by atoms with E-state index in [0.29, 0.717) is 12.8 Å². The van der Waals surface area contributed by atoms with Crippen molar-refractivity contribution in [3.05, 3.63) is 23.5 Å². The summed E-state index contributed by atoms with van der Waals surface area (Å²) in [5.41, 5.74) is -0.901. The van der Waals surface area contributed by atoms with E-state index in [2.05, 4.69) is 9.71 Å². The van der Waals surface area contributed by atoms with Crippen LogP contribution in [-0.4, -0.2) is 30.7 Å². The summed E-state index contributed by atoms with van der Waals surface area (Å²) in [6, 6.07) is 2.88. The fourth-order valence-corrected chi connectivity index (χ4v) is 3.21. The minimum Gasteiger partial charge on any atom is -0.389 e. The van der Waals surface area contributed by atoms with E-state index in [1.165, 1.54) is 18.3 Å². The van der Waals surface area contributed by atoms with E-state index in [0.717, 1.165) is 6.42 Å². The van der Waals surface area contributed by atoms with E-state index in [9.17, 15) is 13.5 Å². The molecule has 1 aromatic rings. The predicted molar refractivity (Wildman–Crippen MR) is 63.2 cm³/mol. The first-order valence-corrected chi connectivity index (χ1v) is 7.12. The number of nitrogens with zero attached hydrogens (tertiary/aromatic N) is 1. The van der Waals surface area contributed by atoms with Gasteiger partial charge in [0, 0.05) is 12.7 Å². The molecule has 1 fully saturated rings. The van der Waals surface area contributed by atoms with Crippen molar-refractivity contribution in [1.29, 1.82) is 0 Å². The second-order valence-corrected chi connectivity index (χ2v) is 6.29. The molecule has 94 valence electrons. The zero-order valence-electron chi connectivity index (χ0n) is 9.06. The van der Waals surface area contributed by atoms with Gasteiger partial charge in [-0.2, -0.15) is 0 Å². The summed E-state index contributed by atoms with van der Waals surface area (Å²) in [6.45, 7) is 0.0144. The van der Waals surface area contributed by atoms with Crippen LogP contribution in [0, 0.1) is 0 Å². The zero-order chi connectivity index (χ0) is 12.5. The Morgan fingerprint density at radius 1 is 1.53 bits per heavy atom. The lowest BCUT2D eigenvalue weighted by atomic mass is 9.81. The fourth-order valence-electron chi connectivity index (χ4n) is 1.64. The molecule has 1 saturated carbocycles. The summed E-state index contributed by atoms with van der Waals surface area (Å²) in [5.74, 6) is 0. The highest BCUT2D eigenvalue weighted by Gasteiger charge is 2.35. The van der Waals surface area contributed by atoms with Crippen LogP contribution in [0.5, 0.6) is 0 Å².